The van der Waals surface area contributed by atoms with Crippen LogP contribution >= 0.6 is 0 Å². The molecule has 1 fully saturated rings. The van der Waals surface area contributed by atoms with E-state index in [9.17, 15) is 0 Å². The van der Waals surface area contributed by atoms with Crippen LogP contribution < -0.4 is 5.73 Å². The highest BCUT2D eigenvalue weighted by atomic mass is 14.5. The summed E-state index contributed by atoms with van der Waals surface area (Å²) in [7, 11) is 0. The molecular weight excluding hydrogens is 134 g/mol. The second-order valence-electron chi connectivity index (χ2n) is 3.53. The van der Waals surface area contributed by atoms with Gasteiger partial charge >= 0.3 is 0 Å². The zero-order valence-electron chi connectivity index (χ0n) is 8.10. The van der Waals surface area contributed by atoms with Crippen molar-refractivity contribution in [1.82, 2.24) is 0 Å². The quantitative estimate of drug-likeness (QED) is 0.622. The summed E-state index contributed by atoms with van der Waals surface area (Å²) in [5.41, 5.74) is 5.03. The molecule has 2 N–H and O–H groups in total. The van der Waals surface area contributed by atoms with Gasteiger partial charge < -0.3 is 5.73 Å². The Bertz CT molecular complexity index is 63.3. The van der Waals surface area contributed by atoms with E-state index in [-0.39, 0.29) is 0 Å². The zero-order valence-corrected chi connectivity index (χ0v) is 8.10. The van der Waals surface area contributed by atoms with Gasteiger partial charge in [-0.25, -0.2) is 0 Å². The molecule has 0 unspecified atom stereocenters. The van der Waals surface area contributed by atoms with E-state index in [1.54, 1.807) is 0 Å². The van der Waals surface area contributed by atoms with Crippen LogP contribution in [0.1, 0.15) is 52.4 Å². The molecule has 1 heteroatoms. The maximum Gasteiger partial charge on any atom is -0.00799 e. The lowest BCUT2D eigenvalue weighted by atomic mass is 9.91. The van der Waals surface area contributed by atoms with Crippen molar-refractivity contribution in [1.29, 1.82) is 0 Å². The normalized spacial score (nSPS) is 18.8. The van der Waals surface area contributed by atoms with Crippen molar-refractivity contribution in [2.24, 2.45) is 11.7 Å². The Morgan fingerprint density at radius 1 is 1.18 bits per heavy atom. The lowest BCUT2D eigenvalue weighted by Crippen LogP contribution is -1.99. The van der Waals surface area contributed by atoms with E-state index in [4.69, 9.17) is 5.73 Å². The van der Waals surface area contributed by atoms with Crippen LogP contribution in [0, 0.1) is 5.92 Å². The van der Waals surface area contributed by atoms with Crippen molar-refractivity contribution in [3.05, 3.63) is 0 Å². The molecule has 1 aliphatic rings. The maximum atomic E-state index is 5.03. The van der Waals surface area contributed by atoms with Crippen LogP contribution in [0.4, 0.5) is 0 Å². The van der Waals surface area contributed by atoms with Crippen molar-refractivity contribution < 1.29 is 0 Å². The standard InChI is InChI=1S/C7H14.C3H9N/c1-7-5-3-2-4-6-7;1-2-3-4/h7H,2-6H2,1H3;2-4H2,1H3. The lowest BCUT2D eigenvalue weighted by Gasteiger charge is -2.15. The highest BCUT2D eigenvalue weighted by Gasteiger charge is 2.05. The van der Waals surface area contributed by atoms with Crippen molar-refractivity contribution in [3.63, 3.8) is 0 Å². The van der Waals surface area contributed by atoms with Gasteiger partial charge in [0.05, 0.1) is 0 Å². The average molecular weight is 157 g/mol. The summed E-state index contributed by atoms with van der Waals surface area (Å²) in [6, 6.07) is 0. The molecule has 68 valence electrons. The van der Waals surface area contributed by atoms with Gasteiger partial charge in [0.25, 0.3) is 0 Å². The largest absolute Gasteiger partial charge is 0.330 e. The predicted molar refractivity (Wildman–Crippen MR) is 51.6 cm³/mol. The molecule has 0 spiro atoms. The fraction of sp³-hybridized carbons (Fsp3) is 1.00. The van der Waals surface area contributed by atoms with Crippen molar-refractivity contribution in [3.8, 4) is 0 Å². The lowest BCUT2D eigenvalue weighted by molar-refractivity contribution is 0.385. The summed E-state index contributed by atoms with van der Waals surface area (Å²) in [6.45, 7) is 5.24. The molecule has 0 aromatic carbocycles. The molecule has 0 radical (unpaired) electrons. The first-order chi connectivity index (χ1) is 5.31. The molecule has 1 saturated carbocycles. The Kier molecular flexibility index (Phi) is 8.03. The van der Waals surface area contributed by atoms with Crippen molar-refractivity contribution >= 4 is 0 Å². The monoisotopic (exact) mass is 157 g/mol. The maximum absolute atomic E-state index is 5.03. The third kappa shape index (κ3) is 7.86. The molecular formula is C10H23N. The molecule has 0 aliphatic heterocycles. The van der Waals surface area contributed by atoms with Gasteiger partial charge in [0.2, 0.25) is 0 Å². The van der Waals surface area contributed by atoms with Crippen LogP contribution in [0.2, 0.25) is 0 Å². The van der Waals surface area contributed by atoms with Gasteiger partial charge in [-0.1, -0.05) is 46.0 Å². The Morgan fingerprint density at radius 3 is 1.82 bits per heavy atom. The predicted octanol–water partition coefficient (Wildman–Crippen LogP) is 2.94. The van der Waals surface area contributed by atoms with Crippen LogP contribution in [-0.2, 0) is 0 Å². The molecule has 1 rings (SSSR count). The Labute approximate surface area is 71.4 Å². The molecule has 11 heavy (non-hydrogen) atoms. The second-order valence-corrected chi connectivity index (χ2v) is 3.53. The summed E-state index contributed by atoms with van der Waals surface area (Å²) in [5, 5.41) is 0. The number of hydrogen-bond acceptors (Lipinski definition) is 1. The molecule has 0 aromatic heterocycles. The van der Waals surface area contributed by atoms with E-state index < -0.39 is 0 Å². The minimum absolute atomic E-state index is 0.819. The van der Waals surface area contributed by atoms with E-state index in [0.29, 0.717) is 0 Å². The van der Waals surface area contributed by atoms with Crippen LogP contribution in [0.3, 0.4) is 0 Å². The van der Waals surface area contributed by atoms with E-state index in [1.165, 1.54) is 32.1 Å². The summed E-state index contributed by atoms with van der Waals surface area (Å²) in [4.78, 5) is 0. The first-order valence-electron chi connectivity index (χ1n) is 5.01. The first-order valence-corrected chi connectivity index (χ1v) is 5.01. The minimum Gasteiger partial charge on any atom is -0.330 e. The molecule has 1 nitrogen and oxygen atoms in total. The van der Waals surface area contributed by atoms with Gasteiger partial charge in [-0.2, -0.15) is 0 Å². The molecule has 0 amide bonds. The molecule has 1 aliphatic carbocycles. The summed E-state index contributed by atoms with van der Waals surface area (Å²) in [5.74, 6) is 1.04. The second kappa shape index (κ2) is 8.06. The summed E-state index contributed by atoms with van der Waals surface area (Å²) < 4.78 is 0. The van der Waals surface area contributed by atoms with E-state index in [1.807, 2.05) is 0 Å². The third-order valence-electron chi connectivity index (χ3n) is 2.18. The molecule has 0 aromatic rings. The highest BCUT2D eigenvalue weighted by molar-refractivity contribution is 4.59. The molecule has 0 bridgehead atoms. The van der Waals surface area contributed by atoms with Gasteiger partial charge in [0.15, 0.2) is 0 Å². The average Bonchev–Trinajstić information content (AvgIpc) is 2.07. The fourth-order valence-corrected chi connectivity index (χ4v) is 1.31. The minimum atomic E-state index is 0.819. The number of hydrogen-bond donors (Lipinski definition) is 1. The van der Waals surface area contributed by atoms with Gasteiger partial charge in [-0.15, -0.1) is 0 Å². The Morgan fingerprint density at radius 2 is 1.64 bits per heavy atom. The smallest absolute Gasteiger partial charge is 0.00799 e. The first kappa shape index (κ1) is 11.0. The fourth-order valence-electron chi connectivity index (χ4n) is 1.31. The highest BCUT2D eigenvalue weighted by Crippen LogP contribution is 2.21. The summed E-state index contributed by atoms with van der Waals surface area (Å²) in [6.07, 6.45) is 8.53. The van der Waals surface area contributed by atoms with Crippen molar-refractivity contribution in [2.75, 3.05) is 6.54 Å². The van der Waals surface area contributed by atoms with E-state index in [2.05, 4.69) is 13.8 Å². The number of nitrogens with two attached hydrogens (primary N) is 1. The van der Waals surface area contributed by atoms with E-state index in [0.717, 1.165) is 18.9 Å². The van der Waals surface area contributed by atoms with Crippen LogP contribution in [0.25, 0.3) is 0 Å². The van der Waals surface area contributed by atoms with Crippen LogP contribution in [-0.4, -0.2) is 6.54 Å². The summed E-state index contributed by atoms with van der Waals surface area (Å²) >= 11 is 0. The van der Waals surface area contributed by atoms with Gasteiger partial charge in [0, 0.05) is 0 Å². The van der Waals surface area contributed by atoms with E-state index >= 15 is 0 Å². The van der Waals surface area contributed by atoms with Crippen molar-refractivity contribution in [2.45, 2.75) is 52.4 Å². The molecule has 0 atom stereocenters. The van der Waals surface area contributed by atoms with Gasteiger partial charge in [-0.3, -0.25) is 0 Å². The van der Waals surface area contributed by atoms with Crippen LogP contribution in [0.5, 0.6) is 0 Å². The SMILES string of the molecule is CC1CCCCC1.CCCN. The Balaban J connectivity index is 0.000000218. The molecule has 0 saturated heterocycles. The zero-order chi connectivity index (χ0) is 8.53. The third-order valence-corrected chi connectivity index (χ3v) is 2.18. The Hall–Kier alpha value is -0.0400. The number of rotatable bonds is 1. The van der Waals surface area contributed by atoms with Crippen LogP contribution in [0.15, 0.2) is 0 Å². The van der Waals surface area contributed by atoms with Gasteiger partial charge in [-0.05, 0) is 18.9 Å². The topological polar surface area (TPSA) is 26.0 Å². The molecule has 0 heterocycles. The van der Waals surface area contributed by atoms with Gasteiger partial charge in [0.1, 0.15) is 0 Å².